The molecule has 1 aliphatic heterocycles. The Bertz CT molecular complexity index is 212. The van der Waals surface area contributed by atoms with Crippen molar-refractivity contribution < 1.29 is 19.7 Å². The number of hydrogen-bond acceptors (Lipinski definition) is 4. The van der Waals surface area contributed by atoms with Gasteiger partial charge in [-0.05, 0) is 20.8 Å². The van der Waals surface area contributed by atoms with Crippen molar-refractivity contribution in [2.75, 3.05) is 0 Å². The van der Waals surface area contributed by atoms with E-state index in [2.05, 4.69) is 6.58 Å². The van der Waals surface area contributed by atoms with Crippen molar-refractivity contribution in [3.63, 3.8) is 0 Å². The predicted octanol–water partition coefficient (Wildman–Crippen LogP) is 0.434. The van der Waals surface area contributed by atoms with Crippen LogP contribution in [0, 0.1) is 0 Å². The molecule has 0 spiro atoms. The van der Waals surface area contributed by atoms with Crippen LogP contribution in [-0.4, -0.2) is 40.4 Å². The van der Waals surface area contributed by atoms with Gasteiger partial charge in [0.25, 0.3) is 0 Å². The van der Waals surface area contributed by atoms with Gasteiger partial charge in [-0.1, -0.05) is 6.08 Å². The first kappa shape index (κ1) is 11.7. The van der Waals surface area contributed by atoms with E-state index in [1.165, 1.54) is 6.08 Å². The molecule has 1 aliphatic rings. The van der Waals surface area contributed by atoms with Crippen LogP contribution in [0.2, 0.25) is 0 Å². The first-order valence-corrected chi connectivity index (χ1v) is 4.71. The molecular formula is C10H18O4. The minimum atomic E-state index is -0.823. The topological polar surface area (TPSA) is 58.9 Å². The smallest absolute Gasteiger partial charge is 0.164 e. The maximum Gasteiger partial charge on any atom is 0.164 e. The van der Waals surface area contributed by atoms with Gasteiger partial charge in [0.05, 0.1) is 6.10 Å². The molecule has 4 heteroatoms. The summed E-state index contributed by atoms with van der Waals surface area (Å²) in [5, 5.41) is 19.0. The van der Waals surface area contributed by atoms with Crippen molar-refractivity contribution in [3.8, 4) is 0 Å². The first-order valence-electron chi connectivity index (χ1n) is 4.71. The summed E-state index contributed by atoms with van der Waals surface area (Å²) in [6.07, 6.45) is -1.20. The van der Waals surface area contributed by atoms with Crippen LogP contribution in [0.15, 0.2) is 12.7 Å². The number of aliphatic hydroxyl groups excluding tert-OH is 2. The van der Waals surface area contributed by atoms with Gasteiger partial charge < -0.3 is 19.7 Å². The molecule has 82 valence electrons. The van der Waals surface area contributed by atoms with Gasteiger partial charge in [0.15, 0.2) is 5.79 Å². The fraction of sp³-hybridized carbons (Fsp3) is 0.800. The maximum atomic E-state index is 9.58. The van der Waals surface area contributed by atoms with Crippen LogP contribution >= 0.6 is 0 Å². The van der Waals surface area contributed by atoms with Crippen LogP contribution in [0.3, 0.4) is 0 Å². The molecule has 4 atom stereocenters. The Labute approximate surface area is 84.1 Å². The largest absolute Gasteiger partial charge is 0.391 e. The van der Waals surface area contributed by atoms with Crippen LogP contribution in [-0.2, 0) is 9.47 Å². The summed E-state index contributed by atoms with van der Waals surface area (Å²) < 4.78 is 10.9. The molecule has 1 fully saturated rings. The minimum Gasteiger partial charge on any atom is -0.391 e. The average Bonchev–Trinajstić information content (AvgIpc) is 2.40. The molecule has 0 aromatic heterocycles. The summed E-state index contributed by atoms with van der Waals surface area (Å²) in [4.78, 5) is 0. The second-order valence-corrected chi connectivity index (χ2v) is 4.03. The van der Waals surface area contributed by atoms with Crippen molar-refractivity contribution in [2.24, 2.45) is 0 Å². The molecule has 0 aromatic carbocycles. The van der Waals surface area contributed by atoms with Gasteiger partial charge in [0, 0.05) is 0 Å². The third-order valence-electron chi connectivity index (χ3n) is 2.22. The second-order valence-electron chi connectivity index (χ2n) is 4.03. The summed E-state index contributed by atoms with van der Waals surface area (Å²) in [6.45, 7) is 8.59. The van der Waals surface area contributed by atoms with Crippen LogP contribution in [0.1, 0.15) is 20.8 Å². The van der Waals surface area contributed by atoms with Crippen molar-refractivity contribution in [3.05, 3.63) is 12.7 Å². The molecule has 2 N–H and O–H groups in total. The molecule has 1 saturated heterocycles. The van der Waals surface area contributed by atoms with E-state index in [0.717, 1.165) is 0 Å². The molecule has 0 aliphatic carbocycles. The van der Waals surface area contributed by atoms with Gasteiger partial charge in [-0.2, -0.15) is 0 Å². The highest BCUT2D eigenvalue weighted by Crippen LogP contribution is 2.31. The second kappa shape index (κ2) is 3.98. The Balaban J connectivity index is 2.77. The maximum absolute atomic E-state index is 9.58. The molecule has 14 heavy (non-hydrogen) atoms. The summed E-state index contributed by atoms with van der Waals surface area (Å²) in [5.41, 5.74) is 0. The average molecular weight is 202 g/mol. The first-order chi connectivity index (χ1) is 6.37. The van der Waals surface area contributed by atoms with Gasteiger partial charge in [-0.3, -0.25) is 0 Å². The van der Waals surface area contributed by atoms with E-state index in [9.17, 15) is 10.2 Å². The quantitative estimate of drug-likeness (QED) is 0.652. The van der Waals surface area contributed by atoms with Crippen molar-refractivity contribution in [2.45, 2.75) is 51.0 Å². The molecule has 1 heterocycles. The fourth-order valence-corrected chi connectivity index (χ4v) is 1.59. The van der Waals surface area contributed by atoms with Crippen molar-refractivity contribution >= 4 is 0 Å². The Kier molecular flexibility index (Phi) is 3.32. The standard InChI is InChI=1S/C10H18O4/c1-5-7(12)9-8(6(2)11)13-10(3,4)14-9/h5-9,11-12H,1H2,2-4H3/t6-,7?,8?,9?/m1/s1. The highest BCUT2D eigenvalue weighted by Gasteiger charge is 2.45. The van der Waals surface area contributed by atoms with Crippen LogP contribution in [0.5, 0.6) is 0 Å². The van der Waals surface area contributed by atoms with Crippen LogP contribution in [0.4, 0.5) is 0 Å². The van der Waals surface area contributed by atoms with Gasteiger partial charge in [-0.15, -0.1) is 6.58 Å². The third-order valence-corrected chi connectivity index (χ3v) is 2.22. The molecule has 0 aromatic rings. The van der Waals surface area contributed by atoms with Crippen molar-refractivity contribution in [1.29, 1.82) is 0 Å². The lowest BCUT2D eigenvalue weighted by Crippen LogP contribution is -2.40. The van der Waals surface area contributed by atoms with E-state index >= 15 is 0 Å². The zero-order chi connectivity index (χ0) is 10.9. The minimum absolute atomic E-state index is 0.516. The Morgan fingerprint density at radius 3 is 2.21 bits per heavy atom. The molecular weight excluding hydrogens is 184 g/mol. The van der Waals surface area contributed by atoms with E-state index in [4.69, 9.17) is 9.47 Å². The number of hydrogen-bond donors (Lipinski definition) is 2. The zero-order valence-corrected chi connectivity index (χ0v) is 8.80. The number of aliphatic hydroxyl groups is 2. The Morgan fingerprint density at radius 2 is 1.79 bits per heavy atom. The van der Waals surface area contributed by atoms with E-state index in [1.807, 2.05) is 0 Å². The van der Waals surface area contributed by atoms with E-state index < -0.39 is 30.2 Å². The molecule has 0 bridgehead atoms. The Hall–Kier alpha value is -0.420. The lowest BCUT2D eigenvalue weighted by molar-refractivity contribution is -0.158. The van der Waals surface area contributed by atoms with Gasteiger partial charge in [-0.25, -0.2) is 0 Å². The third kappa shape index (κ3) is 2.33. The summed E-state index contributed by atoms with van der Waals surface area (Å²) in [6, 6.07) is 0. The monoisotopic (exact) mass is 202 g/mol. The highest BCUT2D eigenvalue weighted by atomic mass is 16.8. The van der Waals surface area contributed by atoms with Gasteiger partial charge >= 0.3 is 0 Å². The van der Waals surface area contributed by atoms with E-state index in [0.29, 0.717) is 0 Å². The Morgan fingerprint density at radius 1 is 1.29 bits per heavy atom. The molecule has 0 amide bonds. The number of rotatable bonds is 3. The van der Waals surface area contributed by atoms with Gasteiger partial charge in [0.1, 0.15) is 18.3 Å². The van der Waals surface area contributed by atoms with Crippen LogP contribution < -0.4 is 0 Å². The van der Waals surface area contributed by atoms with E-state index in [-0.39, 0.29) is 0 Å². The summed E-state index contributed by atoms with van der Waals surface area (Å²) >= 11 is 0. The molecule has 0 radical (unpaired) electrons. The summed E-state index contributed by atoms with van der Waals surface area (Å²) in [7, 11) is 0. The molecule has 3 unspecified atom stereocenters. The molecule has 1 rings (SSSR count). The highest BCUT2D eigenvalue weighted by molar-refractivity contribution is 4.95. The summed E-state index contributed by atoms with van der Waals surface area (Å²) in [5.74, 6) is -0.768. The predicted molar refractivity (Wildman–Crippen MR) is 51.7 cm³/mol. The fourth-order valence-electron chi connectivity index (χ4n) is 1.59. The zero-order valence-electron chi connectivity index (χ0n) is 8.80. The lowest BCUT2D eigenvalue weighted by atomic mass is 10.0. The van der Waals surface area contributed by atoms with E-state index in [1.54, 1.807) is 20.8 Å². The van der Waals surface area contributed by atoms with Gasteiger partial charge in [0.2, 0.25) is 0 Å². The van der Waals surface area contributed by atoms with Crippen molar-refractivity contribution in [1.82, 2.24) is 0 Å². The SMILES string of the molecule is C=CC(O)C1OC(C)(C)OC1[C@@H](C)O. The molecule has 4 nitrogen and oxygen atoms in total. The lowest BCUT2D eigenvalue weighted by Gasteiger charge is -2.21. The van der Waals surface area contributed by atoms with Crippen LogP contribution in [0.25, 0.3) is 0 Å². The number of ether oxygens (including phenoxy) is 2. The molecule has 0 saturated carbocycles. The normalized spacial score (nSPS) is 35.2.